The van der Waals surface area contributed by atoms with Crippen molar-refractivity contribution < 1.29 is 9.90 Å². The van der Waals surface area contributed by atoms with Crippen LogP contribution < -0.4 is 5.32 Å². The van der Waals surface area contributed by atoms with Gasteiger partial charge in [-0.25, -0.2) is 4.98 Å². The summed E-state index contributed by atoms with van der Waals surface area (Å²) in [4.78, 5) is 22.6. The van der Waals surface area contributed by atoms with E-state index in [-0.39, 0.29) is 17.6 Å². The Labute approximate surface area is 145 Å². The molecule has 2 atom stereocenters. The number of β-amino-alcohol motifs (C(OH)–C–C–N with tert-alkyl or cyclic N) is 1. The molecule has 0 radical (unpaired) electrons. The number of carbonyl (C=O) groups excluding carboxylic acids is 1. The molecule has 128 valence electrons. The number of likely N-dealkylation sites (tertiary alicyclic amines) is 1. The molecule has 1 aliphatic heterocycles. The predicted octanol–water partition coefficient (Wildman–Crippen LogP) is 0.713. The molecule has 2 N–H and O–H groups in total. The highest BCUT2D eigenvalue weighted by Gasteiger charge is 2.29. The van der Waals surface area contributed by atoms with Crippen molar-refractivity contribution in [2.45, 2.75) is 25.1 Å². The molecule has 0 saturated carbocycles. The van der Waals surface area contributed by atoms with Gasteiger partial charge in [0.05, 0.1) is 23.4 Å². The Morgan fingerprint density at radius 2 is 2.24 bits per heavy atom. The lowest BCUT2D eigenvalue weighted by Gasteiger charge is -2.36. The zero-order valence-corrected chi connectivity index (χ0v) is 13.7. The molecule has 1 amide bonds. The van der Waals surface area contributed by atoms with E-state index in [1.54, 1.807) is 12.3 Å². The molecule has 7 nitrogen and oxygen atoms in total. The highest BCUT2D eigenvalue weighted by molar-refractivity contribution is 5.94. The summed E-state index contributed by atoms with van der Waals surface area (Å²) in [6.07, 6.45) is 3.14. The SMILES string of the molecule is N#Cc1ccc(C(=O)N[C@@H]2CCN(Cc3ccccn3)C[C@H]2O)cn1. The van der Waals surface area contributed by atoms with Gasteiger partial charge >= 0.3 is 0 Å². The van der Waals surface area contributed by atoms with Gasteiger partial charge in [-0.1, -0.05) is 6.07 Å². The van der Waals surface area contributed by atoms with Crippen LogP contribution in [0.4, 0.5) is 0 Å². The molecule has 7 heteroatoms. The minimum Gasteiger partial charge on any atom is -0.390 e. The maximum atomic E-state index is 12.3. The number of nitrogens with one attached hydrogen (secondary N) is 1. The van der Waals surface area contributed by atoms with E-state index in [9.17, 15) is 9.90 Å². The Kier molecular flexibility index (Phi) is 5.33. The Morgan fingerprint density at radius 1 is 1.36 bits per heavy atom. The minimum absolute atomic E-state index is 0.263. The lowest BCUT2D eigenvalue weighted by Crippen LogP contribution is -2.53. The minimum atomic E-state index is -0.646. The van der Waals surface area contributed by atoms with Gasteiger partial charge in [-0.2, -0.15) is 5.26 Å². The third-order valence-electron chi connectivity index (χ3n) is 4.23. The van der Waals surface area contributed by atoms with Gasteiger partial charge < -0.3 is 10.4 Å². The summed E-state index contributed by atoms with van der Waals surface area (Å²) >= 11 is 0. The zero-order valence-electron chi connectivity index (χ0n) is 13.7. The first-order chi connectivity index (χ1) is 12.2. The topological polar surface area (TPSA) is 102 Å². The van der Waals surface area contributed by atoms with Gasteiger partial charge in [0, 0.05) is 32.0 Å². The number of pyridine rings is 2. The second-order valence-electron chi connectivity index (χ2n) is 6.04. The van der Waals surface area contributed by atoms with Crippen LogP contribution in [-0.2, 0) is 6.54 Å². The average Bonchev–Trinajstić information content (AvgIpc) is 2.65. The number of carbonyl (C=O) groups is 1. The average molecular weight is 337 g/mol. The number of nitrogens with zero attached hydrogens (tertiary/aromatic N) is 4. The molecule has 25 heavy (non-hydrogen) atoms. The van der Waals surface area contributed by atoms with Crippen LogP contribution in [0.5, 0.6) is 0 Å². The van der Waals surface area contributed by atoms with Gasteiger partial charge in [-0.05, 0) is 30.7 Å². The Balaban J connectivity index is 1.54. The van der Waals surface area contributed by atoms with Crippen molar-refractivity contribution in [1.82, 2.24) is 20.2 Å². The van der Waals surface area contributed by atoms with Crippen molar-refractivity contribution in [2.24, 2.45) is 0 Å². The molecule has 0 aliphatic carbocycles. The van der Waals surface area contributed by atoms with Gasteiger partial charge in [0.15, 0.2) is 0 Å². The Morgan fingerprint density at radius 3 is 2.88 bits per heavy atom. The van der Waals surface area contributed by atoms with E-state index in [1.165, 1.54) is 12.3 Å². The quantitative estimate of drug-likeness (QED) is 0.852. The number of hydrogen-bond donors (Lipinski definition) is 2. The third-order valence-corrected chi connectivity index (χ3v) is 4.23. The molecular weight excluding hydrogens is 318 g/mol. The largest absolute Gasteiger partial charge is 0.390 e. The molecule has 3 heterocycles. The maximum absolute atomic E-state index is 12.3. The van der Waals surface area contributed by atoms with Gasteiger partial charge in [-0.3, -0.25) is 14.7 Å². The number of nitriles is 1. The summed E-state index contributed by atoms with van der Waals surface area (Å²) in [5.74, 6) is -0.292. The fourth-order valence-corrected chi connectivity index (χ4v) is 2.88. The monoisotopic (exact) mass is 337 g/mol. The smallest absolute Gasteiger partial charge is 0.253 e. The number of aromatic nitrogens is 2. The third kappa shape index (κ3) is 4.38. The number of aliphatic hydroxyl groups excluding tert-OH is 1. The van der Waals surface area contributed by atoms with E-state index in [4.69, 9.17) is 5.26 Å². The lowest BCUT2D eigenvalue weighted by molar-refractivity contribution is 0.0345. The van der Waals surface area contributed by atoms with Crippen LogP contribution in [0, 0.1) is 11.3 Å². The fraction of sp³-hybridized carbons (Fsp3) is 0.333. The van der Waals surface area contributed by atoms with Crippen LogP contribution in [0.2, 0.25) is 0 Å². The van der Waals surface area contributed by atoms with Crippen molar-refractivity contribution in [3.05, 3.63) is 59.7 Å². The van der Waals surface area contributed by atoms with E-state index in [0.29, 0.717) is 25.1 Å². The molecule has 1 saturated heterocycles. The Hall–Kier alpha value is -2.82. The number of rotatable bonds is 4. The molecule has 0 aromatic carbocycles. The van der Waals surface area contributed by atoms with Crippen LogP contribution in [-0.4, -0.2) is 51.1 Å². The first kappa shape index (κ1) is 17.0. The predicted molar refractivity (Wildman–Crippen MR) is 90.3 cm³/mol. The van der Waals surface area contributed by atoms with E-state index in [1.807, 2.05) is 24.3 Å². The summed E-state index contributed by atoms with van der Waals surface area (Å²) in [6.45, 7) is 1.93. The summed E-state index contributed by atoms with van der Waals surface area (Å²) in [5.41, 5.74) is 1.60. The van der Waals surface area contributed by atoms with Gasteiger partial charge in [0.25, 0.3) is 5.91 Å². The molecule has 0 bridgehead atoms. The first-order valence-electron chi connectivity index (χ1n) is 8.13. The number of hydrogen-bond acceptors (Lipinski definition) is 6. The van der Waals surface area contributed by atoms with E-state index in [0.717, 1.165) is 12.2 Å². The van der Waals surface area contributed by atoms with Crippen molar-refractivity contribution in [1.29, 1.82) is 5.26 Å². The fourth-order valence-electron chi connectivity index (χ4n) is 2.88. The number of aliphatic hydroxyl groups is 1. The Bertz CT molecular complexity index is 757. The number of amides is 1. The van der Waals surface area contributed by atoms with Crippen molar-refractivity contribution in [3.8, 4) is 6.07 Å². The van der Waals surface area contributed by atoms with E-state index < -0.39 is 6.10 Å². The first-order valence-corrected chi connectivity index (χ1v) is 8.13. The second-order valence-corrected chi connectivity index (χ2v) is 6.04. The van der Waals surface area contributed by atoms with E-state index in [2.05, 4.69) is 20.2 Å². The van der Waals surface area contributed by atoms with Crippen LogP contribution in [0.25, 0.3) is 0 Å². The number of piperidine rings is 1. The lowest BCUT2D eigenvalue weighted by atomic mass is 10.0. The van der Waals surface area contributed by atoms with Crippen LogP contribution in [0.1, 0.15) is 28.2 Å². The standard InChI is InChI=1S/C18H19N5O2/c19-9-14-5-4-13(10-21-14)18(25)22-16-6-8-23(12-17(16)24)11-15-3-1-2-7-20-15/h1-5,7,10,16-17,24H,6,8,11-12H2,(H,22,25)/t16-,17-/m1/s1. The molecular formula is C18H19N5O2. The molecule has 1 aliphatic rings. The highest BCUT2D eigenvalue weighted by Crippen LogP contribution is 2.14. The van der Waals surface area contributed by atoms with E-state index >= 15 is 0 Å². The van der Waals surface area contributed by atoms with Crippen molar-refractivity contribution >= 4 is 5.91 Å². The summed E-state index contributed by atoms with van der Waals surface area (Å²) < 4.78 is 0. The molecule has 0 spiro atoms. The summed E-state index contributed by atoms with van der Waals surface area (Å²) in [6, 6.07) is 10.4. The van der Waals surface area contributed by atoms with Crippen LogP contribution in [0.3, 0.4) is 0 Å². The van der Waals surface area contributed by atoms with Gasteiger partial charge in [-0.15, -0.1) is 0 Å². The summed E-state index contributed by atoms with van der Waals surface area (Å²) in [5, 5.41) is 22.0. The van der Waals surface area contributed by atoms with Crippen LogP contribution >= 0.6 is 0 Å². The molecule has 2 aromatic heterocycles. The normalized spacial score (nSPS) is 20.6. The van der Waals surface area contributed by atoms with Gasteiger partial charge in [0.2, 0.25) is 0 Å². The van der Waals surface area contributed by atoms with Crippen LogP contribution in [0.15, 0.2) is 42.7 Å². The second kappa shape index (κ2) is 7.83. The molecule has 0 unspecified atom stereocenters. The zero-order chi connectivity index (χ0) is 17.6. The summed E-state index contributed by atoms with van der Waals surface area (Å²) in [7, 11) is 0. The van der Waals surface area contributed by atoms with Crippen molar-refractivity contribution in [3.63, 3.8) is 0 Å². The molecule has 1 fully saturated rings. The molecule has 2 aromatic rings. The highest BCUT2D eigenvalue weighted by atomic mass is 16.3. The van der Waals surface area contributed by atoms with Gasteiger partial charge in [0.1, 0.15) is 11.8 Å². The molecule has 3 rings (SSSR count). The van der Waals surface area contributed by atoms with Crippen molar-refractivity contribution in [2.75, 3.05) is 13.1 Å². The maximum Gasteiger partial charge on any atom is 0.253 e.